The largest absolute Gasteiger partial charge is 0.354 e. The number of carbonyl (C=O) groups excluding carboxylic acids is 2. The number of unbranched alkanes of at least 4 members (excludes halogenated alkanes) is 1. The first kappa shape index (κ1) is 27.3. The standard InChI is InChI=1S/C23H29Br2N3O4S/c1-4-5-14-26-23(30)17(2)27(15-18-10-12-19(24)13-11-18)22(29)16-28(33(3,31)32)21-9-7-6-8-20(21)25/h6-13,17H,4-5,14-16H2,1-3H3,(H,26,30)/t17-/m1/s1. The summed E-state index contributed by atoms with van der Waals surface area (Å²) in [4.78, 5) is 27.6. The summed E-state index contributed by atoms with van der Waals surface area (Å²) in [6.45, 7) is 3.95. The van der Waals surface area contributed by atoms with Crippen LogP contribution >= 0.6 is 31.9 Å². The van der Waals surface area contributed by atoms with E-state index in [-0.39, 0.29) is 12.5 Å². The normalized spacial score (nSPS) is 12.2. The van der Waals surface area contributed by atoms with Gasteiger partial charge in [0.1, 0.15) is 12.6 Å². The van der Waals surface area contributed by atoms with E-state index >= 15 is 0 Å². The molecule has 2 aromatic carbocycles. The molecule has 0 radical (unpaired) electrons. The molecular formula is C23H29Br2N3O4S. The molecule has 1 N–H and O–H groups in total. The first-order chi connectivity index (χ1) is 15.5. The van der Waals surface area contributed by atoms with Crippen LogP contribution in [0, 0.1) is 0 Å². The zero-order chi connectivity index (χ0) is 24.6. The number of nitrogens with one attached hydrogen (secondary N) is 1. The fourth-order valence-electron chi connectivity index (χ4n) is 3.15. The number of sulfonamides is 1. The van der Waals surface area contributed by atoms with Crippen molar-refractivity contribution in [1.29, 1.82) is 0 Å². The highest BCUT2D eigenvalue weighted by atomic mass is 79.9. The average molecular weight is 603 g/mol. The Bertz CT molecular complexity index is 1060. The molecule has 2 amide bonds. The molecule has 0 aliphatic rings. The molecule has 2 rings (SSSR count). The molecule has 0 aliphatic carbocycles. The number of anilines is 1. The maximum Gasteiger partial charge on any atom is 0.244 e. The topological polar surface area (TPSA) is 86.8 Å². The van der Waals surface area contributed by atoms with E-state index in [1.807, 2.05) is 31.2 Å². The third kappa shape index (κ3) is 8.12. The van der Waals surface area contributed by atoms with Gasteiger partial charge in [0, 0.05) is 22.0 Å². The van der Waals surface area contributed by atoms with Gasteiger partial charge in [-0.25, -0.2) is 8.42 Å². The van der Waals surface area contributed by atoms with Gasteiger partial charge in [0.2, 0.25) is 21.8 Å². The SMILES string of the molecule is CCCCNC(=O)[C@@H](C)N(Cc1ccc(Br)cc1)C(=O)CN(c1ccccc1Br)S(C)(=O)=O. The Labute approximate surface area is 212 Å². The highest BCUT2D eigenvalue weighted by Gasteiger charge is 2.30. The molecule has 33 heavy (non-hydrogen) atoms. The van der Waals surface area contributed by atoms with Gasteiger partial charge in [-0.3, -0.25) is 13.9 Å². The minimum atomic E-state index is -3.76. The first-order valence-corrected chi connectivity index (χ1v) is 14.0. The van der Waals surface area contributed by atoms with Gasteiger partial charge in [0.15, 0.2) is 0 Å². The van der Waals surface area contributed by atoms with Crippen LogP contribution in [0.2, 0.25) is 0 Å². The molecule has 7 nitrogen and oxygen atoms in total. The Morgan fingerprint density at radius 3 is 2.27 bits per heavy atom. The summed E-state index contributed by atoms with van der Waals surface area (Å²) >= 11 is 6.76. The van der Waals surface area contributed by atoms with E-state index in [1.54, 1.807) is 31.2 Å². The number of benzene rings is 2. The van der Waals surface area contributed by atoms with Crippen molar-refractivity contribution in [2.24, 2.45) is 0 Å². The van der Waals surface area contributed by atoms with E-state index in [9.17, 15) is 18.0 Å². The van der Waals surface area contributed by atoms with Crippen LogP contribution in [-0.2, 0) is 26.2 Å². The Morgan fingerprint density at radius 2 is 1.70 bits per heavy atom. The van der Waals surface area contributed by atoms with E-state index in [1.165, 1.54) is 4.90 Å². The summed E-state index contributed by atoms with van der Waals surface area (Å²) in [6.07, 6.45) is 2.83. The second-order valence-corrected chi connectivity index (χ2v) is 11.4. The van der Waals surface area contributed by atoms with Crippen molar-refractivity contribution in [3.8, 4) is 0 Å². The summed E-state index contributed by atoms with van der Waals surface area (Å²) in [5, 5.41) is 2.86. The third-order valence-electron chi connectivity index (χ3n) is 5.06. The predicted octanol–water partition coefficient (Wildman–Crippen LogP) is 4.31. The van der Waals surface area contributed by atoms with Gasteiger partial charge in [0.05, 0.1) is 11.9 Å². The molecule has 0 bridgehead atoms. The summed E-state index contributed by atoms with van der Waals surface area (Å²) in [7, 11) is -3.76. The van der Waals surface area contributed by atoms with Gasteiger partial charge in [0.25, 0.3) is 0 Å². The molecule has 0 unspecified atom stereocenters. The number of para-hydroxylation sites is 1. The Hall–Kier alpha value is -1.91. The number of halogens is 2. The van der Waals surface area contributed by atoms with Crippen molar-refractivity contribution in [2.75, 3.05) is 23.7 Å². The van der Waals surface area contributed by atoms with Gasteiger partial charge >= 0.3 is 0 Å². The van der Waals surface area contributed by atoms with Crippen LogP contribution in [0.4, 0.5) is 5.69 Å². The number of hydrogen-bond donors (Lipinski definition) is 1. The molecule has 10 heteroatoms. The molecule has 1 atom stereocenters. The van der Waals surface area contributed by atoms with Gasteiger partial charge in [-0.05, 0) is 59.1 Å². The molecule has 0 saturated heterocycles. The molecule has 0 fully saturated rings. The first-order valence-electron chi connectivity index (χ1n) is 10.6. The van der Waals surface area contributed by atoms with Gasteiger partial charge < -0.3 is 10.2 Å². The maximum absolute atomic E-state index is 13.4. The van der Waals surface area contributed by atoms with Crippen LogP contribution < -0.4 is 9.62 Å². The van der Waals surface area contributed by atoms with Crippen molar-refractivity contribution in [2.45, 2.75) is 39.3 Å². The number of nitrogens with zero attached hydrogens (tertiary/aromatic N) is 2. The van der Waals surface area contributed by atoms with Crippen molar-refractivity contribution in [3.63, 3.8) is 0 Å². The van der Waals surface area contributed by atoms with Crippen molar-refractivity contribution in [1.82, 2.24) is 10.2 Å². The van der Waals surface area contributed by atoms with E-state index in [2.05, 4.69) is 37.2 Å². The van der Waals surface area contributed by atoms with E-state index in [0.717, 1.165) is 33.4 Å². The lowest BCUT2D eigenvalue weighted by Crippen LogP contribution is -2.51. The van der Waals surface area contributed by atoms with Crippen molar-refractivity contribution < 1.29 is 18.0 Å². The minimum Gasteiger partial charge on any atom is -0.354 e. The molecule has 2 aromatic rings. The lowest BCUT2D eigenvalue weighted by Gasteiger charge is -2.31. The van der Waals surface area contributed by atoms with Crippen molar-refractivity contribution >= 4 is 59.4 Å². The molecule has 0 aromatic heterocycles. The maximum atomic E-state index is 13.4. The van der Waals surface area contributed by atoms with E-state index in [0.29, 0.717) is 16.7 Å². The Morgan fingerprint density at radius 1 is 1.06 bits per heavy atom. The van der Waals surface area contributed by atoms with Crippen molar-refractivity contribution in [3.05, 3.63) is 63.0 Å². The molecule has 0 heterocycles. The zero-order valence-electron chi connectivity index (χ0n) is 18.9. The number of carbonyl (C=O) groups is 2. The average Bonchev–Trinajstić information content (AvgIpc) is 2.76. The van der Waals surface area contributed by atoms with E-state index in [4.69, 9.17) is 0 Å². The number of rotatable bonds is 11. The molecule has 0 saturated carbocycles. The van der Waals surface area contributed by atoms with Crippen LogP contribution in [0.5, 0.6) is 0 Å². The van der Waals surface area contributed by atoms with Gasteiger partial charge in [-0.1, -0.05) is 53.5 Å². The second-order valence-electron chi connectivity index (χ2n) is 7.69. The number of hydrogen-bond acceptors (Lipinski definition) is 4. The van der Waals surface area contributed by atoms with Crippen LogP contribution in [0.3, 0.4) is 0 Å². The minimum absolute atomic E-state index is 0.169. The van der Waals surface area contributed by atoms with Crippen LogP contribution in [0.25, 0.3) is 0 Å². The Balaban J connectivity index is 2.34. The van der Waals surface area contributed by atoms with Crippen LogP contribution in [0.1, 0.15) is 32.3 Å². The Kier molecular flexibility index (Phi) is 10.4. The predicted molar refractivity (Wildman–Crippen MR) is 138 cm³/mol. The monoisotopic (exact) mass is 601 g/mol. The lowest BCUT2D eigenvalue weighted by molar-refractivity contribution is -0.139. The second kappa shape index (κ2) is 12.5. The highest BCUT2D eigenvalue weighted by molar-refractivity contribution is 9.10. The quantitative estimate of drug-likeness (QED) is 0.388. The summed E-state index contributed by atoms with van der Waals surface area (Å²) in [5.74, 6) is -0.752. The van der Waals surface area contributed by atoms with Crippen LogP contribution in [0.15, 0.2) is 57.5 Å². The molecule has 180 valence electrons. The van der Waals surface area contributed by atoms with E-state index < -0.39 is 28.5 Å². The molecular weight excluding hydrogens is 574 g/mol. The third-order valence-corrected chi connectivity index (χ3v) is 7.39. The molecule has 0 aliphatic heterocycles. The fourth-order valence-corrected chi connectivity index (χ4v) is 4.90. The summed E-state index contributed by atoms with van der Waals surface area (Å²) in [5.41, 5.74) is 1.18. The number of amides is 2. The van der Waals surface area contributed by atoms with Gasteiger partial charge in [-0.15, -0.1) is 0 Å². The lowest BCUT2D eigenvalue weighted by atomic mass is 10.1. The molecule has 0 spiro atoms. The van der Waals surface area contributed by atoms with Gasteiger partial charge in [-0.2, -0.15) is 0 Å². The fraction of sp³-hybridized carbons (Fsp3) is 0.391. The zero-order valence-corrected chi connectivity index (χ0v) is 22.9. The highest BCUT2D eigenvalue weighted by Crippen LogP contribution is 2.28. The summed E-state index contributed by atoms with van der Waals surface area (Å²) in [6, 6.07) is 13.4. The smallest absolute Gasteiger partial charge is 0.244 e. The summed E-state index contributed by atoms with van der Waals surface area (Å²) < 4.78 is 27.6. The van der Waals surface area contributed by atoms with Crippen LogP contribution in [-0.4, -0.2) is 50.5 Å².